The molecule has 3 aromatic heterocycles. The van der Waals surface area contributed by atoms with Crippen molar-refractivity contribution in [1.82, 2.24) is 34.7 Å². The fourth-order valence-corrected chi connectivity index (χ4v) is 3.81. The van der Waals surface area contributed by atoms with Crippen LogP contribution in [0, 0.1) is 0 Å². The summed E-state index contributed by atoms with van der Waals surface area (Å²) in [6, 6.07) is 11.0. The van der Waals surface area contributed by atoms with E-state index in [1.54, 1.807) is 29.1 Å². The zero-order valence-electron chi connectivity index (χ0n) is 15.4. The first-order chi connectivity index (χ1) is 13.8. The fraction of sp³-hybridized carbons (Fsp3) is 0.263. The van der Waals surface area contributed by atoms with E-state index < -0.39 is 0 Å². The highest BCUT2D eigenvalue weighted by atomic mass is 32.2. The molecular formula is C19H19N7OS. The number of hydrogen-bond donors (Lipinski definition) is 0. The average molecular weight is 393 g/mol. The first-order valence-corrected chi connectivity index (χ1v) is 10.1. The summed E-state index contributed by atoms with van der Waals surface area (Å²) in [5.74, 6) is 1.28. The Labute approximate surface area is 165 Å². The maximum absolute atomic E-state index is 13.2. The molecule has 3 heterocycles. The van der Waals surface area contributed by atoms with Gasteiger partial charge in [0.2, 0.25) is 0 Å². The van der Waals surface area contributed by atoms with E-state index in [0.717, 1.165) is 25.2 Å². The molecule has 0 N–H and O–H groups in total. The fourth-order valence-electron chi connectivity index (χ4n) is 2.86. The Hall–Kier alpha value is -3.07. The van der Waals surface area contributed by atoms with Gasteiger partial charge in [-0.2, -0.15) is 0 Å². The lowest BCUT2D eigenvalue weighted by Crippen LogP contribution is -2.22. The van der Waals surface area contributed by atoms with Crippen LogP contribution in [-0.4, -0.2) is 34.7 Å². The van der Waals surface area contributed by atoms with Crippen LogP contribution >= 0.6 is 11.8 Å². The number of tetrazole rings is 1. The van der Waals surface area contributed by atoms with E-state index >= 15 is 0 Å². The average Bonchev–Trinajstić information content (AvgIpc) is 3.19. The first kappa shape index (κ1) is 18.3. The molecule has 0 aliphatic rings. The number of rotatable bonds is 7. The lowest BCUT2D eigenvalue weighted by atomic mass is 10.2. The number of unbranched alkanes of at least 4 members (excludes halogenated alkanes) is 1. The smallest absolute Gasteiger partial charge is 0.266 e. The minimum Gasteiger partial charge on any atom is -0.268 e. The van der Waals surface area contributed by atoms with Crippen molar-refractivity contribution in [2.45, 2.75) is 37.2 Å². The van der Waals surface area contributed by atoms with Gasteiger partial charge in [0.1, 0.15) is 0 Å². The van der Waals surface area contributed by atoms with E-state index in [0.29, 0.717) is 27.5 Å². The SMILES string of the molecule is CCCCn1nnnc1CSc1nc2ccccc2c(=O)n1-c1cccnc1. The molecule has 1 aromatic carbocycles. The number of hydrogen-bond acceptors (Lipinski definition) is 7. The van der Waals surface area contributed by atoms with Crippen molar-refractivity contribution in [2.75, 3.05) is 0 Å². The molecule has 0 aliphatic carbocycles. The maximum Gasteiger partial charge on any atom is 0.266 e. The zero-order valence-corrected chi connectivity index (χ0v) is 16.2. The van der Waals surface area contributed by atoms with Gasteiger partial charge in [-0.1, -0.05) is 37.2 Å². The molecule has 0 fully saturated rings. The van der Waals surface area contributed by atoms with Crippen LogP contribution in [0.3, 0.4) is 0 Å². The van der Waals surface area contributed by atoms with Crippen molar-refractivity contribution in [3.63, 3.8) is 0 Å². The third kappa shape index (κ3) is 3.65. The van der Waals surface area contributed by atoms with Crippen molar-refractivity contribution in [2.24, 2.45) is 0 Å². The van der Waals surface area contributed by atoms with Gasteiger partial charge in [0, 0.05) is 12.7 Å². The predicted octanol–water partition coefficient (Wildman–Crippen LogP) is 2.86. The van der Waals surface area contributed by atoms with Crippen LogP contribution in [0.1, 0.15) is 25.6 Å². The number of thioether (sulfide) groups is 1. The molecule has 142 valence electrons. The second-order valence-corrected chi connectivity index (χ2v) is 7.17. The van der Waals surface area contributed by atoms with Gasteiger partial charge in [-0.3, -0.25) is 14.3 Å². The van der Waals surface area contributed by atoms with E-state index in [4.69, 9.17) is 4.98 Å². The van der Waals surface area contributed by atoms with Crippen molar-refractivity contribution in [1.29, 1.82) is 0 Å². The van der Waals surface area contributed by atoms with Crippen LogP contribution in [-0.2, 0) is 12.3 Å². The van der Waals surface area contributed by atoms with Gasteiger partial charge in [-0.25, -0.2) is 9.67 Å². The third-order valence-corrected chi connectivity index (χ3v) is 5.24. The molecule has 0 spiro atoms. The topological polar surface area (TPSA) is 91.4 Å². The van der Waals surface area contributed by atoms with Gasteiger partial charge in [-0.05, 0) is 41.1 Å². The molecule has 4 aromatic rings. The Bertz CT molecular complexity index is 1140. The standard InChI is InChI=1S/C19H19N7OS/c1-2-3-11-25-17(22-23-24-25)13-28-19-21-16-9-5-4-8-15(16)18(27)26(19)14-7-6-10-20-12-14/h4-10,12H,2-3,11,13H2,1H3. The van der Waals surface area contributed by atoms with Crippen LogP contribution in [0.15, 0.2) is 58.7 Å². The van der Waals surface area contributed by atoms with Crippen LogP contribution in [0.25, 0.3) is 16.6 Å². The Balaban J connectivity index is 1.74. The summed E-state index contributed by atoms with van der Waals surface area (Å²) in [7, 11) is 0. The molecule has 8 nitrogen and oxygen atoms in total. The van der Waals surface area contributed by atoms with E-state index in [1.165, 1.54) is 11.8 Å². The second-order valence-electron chi connectivity index (χ2n) is 6.22. The summed E-state index contributed by atoms with van der Waals surface area (Å²) in [6.45, 7) is 2.91. The predicted molar refractivity (Wildman–Crippen MR) is 107 cm³/mol. The number of nitrogens with zero attached hydrogens (tertiary/aromatic N) is 7. The van der Waals surface area contributed by atoms with Gasteiger partial charge in [0.15, 0.2) is 11.0 Å². The van der Waals surface area contributed by atoms with Crippen molar-refractivity contribution < 1.29 is 0 Å². The Morgan fingerprint density at radius 3 is 2.86 bits per heavy atom. The summed E-state index contributed by atoms with van der Waals surface area (Å²) in [5, 5.41) is 13.1. The Morgan fingerprint density at radius 1 is 1.14 bits per heavy atom. The molecule has 0 bridgehead atoms. The Morgan fingerprint density at radius 2 is 2.04 bits per heavy atom. The number of para-hydroxylation sites is 1. The number of pyridine rings is 1. The highest BCUT2D eigenvalue weighted by Gasteiger charge is 2.15. The van der Waals surface area contributed by atoms with Crippen LogP contribution in [0.2, 0.25) is 0 Å². The van der Waals surface area contributed by atoms with E-state index in [9.17, 15) is 4.79 Å². The van der Waals surface area contributed by atoms with Crippen LogP contribution in [0.4, 0.5) is 0 Å². The van der Waals surface area contributed by atoms with Gasteiger partial charge in [0.25, 0.3) is 5.56 Å². The largest absolute Gasteiger partial charge is 0.268 e. The number of aryl methyl sites for hydroxylation is 1. The monoisotopic (exact) mass is 393 g/mol. The molecule has 0 aliphatic heterocycles. The molecule has 0 atom stereocenters. The highest BCUT2D eigenvalue weighted by Crippen LogP contribution is 2.23. The zero-order chi connectivity index (χ0) is 19.3. The summed E-state index contributed by atoms with van der Waals surface area (Å²) < 4.78 is 3.41. The highest BCUT2D eigenvalue weighted by molar-refractivity contribution is 7.98. The second kappa shape index (κ2) is 8.30. The van der Waals surface area contributed by atoms with Gasteiger partial charge in [0.05, 0.1) is 28.5 Å². The molecular weight excluding hydrogens is 374 g/mol. The summed E-state index contributed by atoms with van der Waals surface area (Å²) in [4.78, 5) is 22.0. The summed E-state index contributed by atoms with van der Waals surface area (Å²) >= 11 is 1.44. The van der Waals surface area contributed by atoms with Crippen molar-refractivity contribution in [3.05, 3.63) is 65.0 Å². The van der Waals surface area contributed by atoms with Crippen LogP contribution in [0.5, 0.6) is 0 Å². The first-order valence-electron chi connectivity index (χ1n) is 9.08. The molecule has 0 unspecified atom stereocenters. The summed E-state index contributed by atoms with van der Waals surface area (Å²) in [5.41, 5.74) is 1.23. The minimum atomic E-state index is -0.119. The molecule has 0 radical (unpaired) electrons. The van der Waals surface area contributed by atoms with Gasteiger partial charge < -0.3 is 0 Å². The van der Waals surface area contributed by atoms with Crippen molar-refractivity contribution in [3.8, 4) is 5.69 Å². The van der Waals surface area contributed by atoms with Crippen molar-refractivity contribution >= 4 is 22.7 Å². The molecule has 4 rings (SSSR count). The number of benzene rings is 1. The summed E-state index contributed by atoms with van der Waals surface area (Å²) in [6.07, 6.45) is 5.42. The van der Waals surface area contributed by atoms with E-state index in [2.05, 4.69) is 27.4 Å². The maximum atomic E-state index is 13.2. The van der Waals surface area contributed by atoms with Crippen LogP contribution < -0.4 is 5.56 Å². The normalized spacial score (nSPS) is 11.2. The Kier molecular flexibility index (Phi) is 5.43. The van der Waals surface area contributed by atoms with Gasteiger partial charge >= 0.3 is 0 Å². The van der Waals surface area contributed by atoms with E-state index in [1.807, 2.05) is 28.9 Å². The number of fused-ring (bicyclic) bond motifs is 1. The molecule has 28 heavy (non-hydrogen) atoms. The minimum absolute atomic E-state index is 0.119. The lowest BCUT2D eigenvalue weighted by molar-refractivity contribution is 0.540. The number of aromatic nitrogens is 7. The molecule has 0 saturated heterocycles. The van der Waals surface area contributed by atoms with Gasteiger partial charge in [-0.15, -0.1) is 5.10 Å². The molecule has 0 saturated carbocycles. The third-order valence-electron chi connectivity index (χ3n) is 4.31. The lowest BCUT2D eigenvalue weighted by Gasteiger charge is -2.12. The van der Waals surface area contributed by atoms with E-state index in [-0.39, 0.29) is 5.56 Å². The quantitative estimate of drug-likeness (QED) is 0.352. The molecule has 0 amide bonds. The molecule has 9 heteroatoms.